The molecular formula is C16H8F12N2. The van der Waals surface area contributed by atoms with E-state index in [0.717, 1.165) is 0 Å². The van der Waals surface area contributed by atoms with Crippen molar-refractivity contribution in [3.05, 3.63) is 47.0 Å². The fourth-order valence-corrected chi connectivity index (χ4v) is 2.70. The molecule has 2 aromatic rings. The maximum atomic E-state index is 13.5. The van der Waals surface area contributed by atoms with Gasteiger partial charge in [-0.3, -0.25) is 5.32 Å². The Labute approximate surface area is 159 Å². The molecule has 0 aliphatic heterocycles. The molecule has 30 heavy (non-hydrogen) atoms. The van der Waals surface area contributed by atoms with Crippen LogP contribution in [0.3, 0.4) is 0 Å². The van der Waals surface area contributed by atoms with Crippen molar-refractivity contribution in [1.29, 1.82) is 0 Å². The van der Waals surface area contributed by atoms with Crippen LogP contribution in [0, 0.1) is 0 Å². The highest BCUT2D eigenvalue weighted by Crippen LogP contribution is 2.50. The molecule has 2 rings (SSSR count). The maximum absolute atomic E-state index is 13.5. The number of hydrogen-bond donors (Lipinski definition) is 2. The number of nitrogens with two attached hydrogens (primary N) is 1. The smallest absolute Gasteiger partial charge is 0.399 e. The predicted octanol–water partition coefficient (Wildman–Crippen LogP) is 6.92. The van der Waals surface area contributed by atoms with Gasteiger partial charge in [0.2, 0.25) is 0 Å². The first-order valence-electron chi connectivity index (χ1n) is 7.46. The Balaban J connectivity index is 3.00. The molecule has 0 heterocycles. The molecule has 0 radical (unpaired) electrons. The van der Waals surface area contributed by atoms with Crippen LogP contribution in [0.2, 0.25) is 0 Å². The third-order valence-corrected chi connectivity index (χ3v) is 3.69. The molecule has 0 unspecified atom stereocenters. The summed E-state index contributed by atoms with van der Waals surface area (Å²) in [6.07, 6.45) is -22.8. The first kappa shape index (κ1) is 23.5. The number of nitrogen functional groups attached to an aromatic ring is 1. The van der Waals surface area contributed by atoms with Crippen molar-refractivity contribution in [1.82, 2.24) is 0 Å². The van der Waals surface area contributed by atoms with Crippen molar-refractivity contribution in [2.24, 2.45) is 0 Å². The summed E-state index contributed by atoms with van der Waals surface area (Å²) in [5.41, 5.74) is -7.66. The highest BCUT2D eigenvalue weighted by molar-refractivity contribution is 5.78. The van der Waals surface area contributed by atoms with Crippen LogP contribution in [0.25, 0.3) is 11.1 Å². The van der Waals surface area contributed by atoms with E-state index in [1.807, 2.05) is 0 Å². The first-order valence-corrected chi connectivity index (χ1v) is 7.46. The lowest BCUT2D eigenvalue weighted by molar-refractivity contribution is -0.161. The zero-order valence-corrected chi connectivity index (χ0v) is 14.0. The van der Waals surface area contributed by atoms with Gasteiger partial charge in [-0.1, -0.05) is 12.1 Å². The third-order valence-electron chi connectivity index (χ3n) is 3.69. The standard InChI is InChI=1S/C16H8F12N2/c17-13(18,19)9-5-6(29)1-2-7(9)8-3-4-10(30-16(26,27)28)12(15(23,24)25)11(8)14(20,21)22/h1-5,30H,29H2. The van der Waals surface area contributed by atoms with E-state index in [-0.39, 0.29) is 18.2 Å². The summed E-state index contributed by atoms with van der Waals surface area (Å²) in [4.78, 5) is 0. The van der Waals surface area contributed by atoms with E-state index in [2.05, 4.69) is 0 Å². The minimum atomic E-state index is -6.00. The van der Waals surface area contributed by atoms with Gasteiger partial charge in [-0.15, -0.1) is 0 Å². The molecule has 2 aromatic carbocycles. The lowest BCUT2D eigenvalue weighted by Crippen LogP contribution is -2.26. The Hall–Kier alpha value is -2.80. The van der Waals surface area contributed by atoms with Crippen LogP contribution in [0.1, 0.15) is 16.7 Å². The number of halogens is 12. The molecule has 0 bridgehead atoms. The average molecular weight is 456 g/mol. The second-order valence-corrected chi connectivity index (χ2v) is 5.83. The van der Waals surface area contributed by atoms with E-state index in [0.29, 0.717) is 17.4 Å². The molecule has 14 heteroatoms. The number of alkyl halides is 12. The van der Waals surface area contributed by atoms with Gasteiger partial charge in [-0.2, -0.15) is 52.7 Å². The van der Waals surface area contributed by atoms with Crippen molar-refractivity contribution in [2.45, 2.75) is 24.8 Å². The van der Waals surface area contributed by atoms with Crippen molar-refractivity contribution >= 4 is 11.4 Å². The van der Waals surface area contributed by atoms with Gasteiger partial charge >= 0.3 is 24.8 Å². The molecule has 0 fully saturated rings. The van der Waals surface area contributed by atoms with E-state index >= 15 is 0 Å². The number of hydrogen-bond acceptors (Lipinski definition) is 2. The minimum absolute atomic E-state index is 0.0304. The first-order chi connectivity index (χ1) is 13.3. The maximum Gasteiger partial charge on any atom is 0.482 e. The Kier molecular flexibility index (Phi) is 5.60. The SMILES string of the molecule is Nc1ccc(-c2ccc(NC(F)(F)F)c(C(F)(F)F)c2C(F)(F)F)c(C(F)(F)F)c1. The third kappa shape index (κ3) is 5.02. The summed E-state index contributed by atoms with van der Waals surface area (Å²) in [5, 5.41) is 0.339. The van der Waals surface area contributed by atoms with Crippen LogP contribution in [-0.2, 0) is 18.5 Å². The molecular weight excluding hydrogens is 448 g/mol. The van der Waals surface area contributed by atoms with Crippen LogP contribution in [-0.4, -0.2) is 6.30 Å². The van der Waals surface area contributed by atoms with Crippen molar-refractivity contribution in [3.8, 4) is 11.1 Å². The fraction of sp³-hybridized carbons (Fsp3) is 0.250. The van der Waals surface area contributed by atoms with Crippen LogP contribution in [0.15, 0.2) is 30.3 Å². The van der Waals surface area contributed by atoms with Gasteiger partial charge in [0, 0.05) is 5.69 Å². The summed E-state index contributed by atoms with van der Waals surface area (Å²) < 4.78 is 158. The van der Waals surface area contributed by atoms with Gasteiger partial charge in [0.1, 0.15) is 0 Å². The predicted molar refractivity (Wildman–Crippen MR) is 81.0 cm³/mol. The number of nitrogens with one attached hydrogen (secondary N) is 1. The molecule has 0 atom stereocenters. The van der Waals surface area contributed by atoms with Crippen LogP contribution in [0.5, 0.6) is 0 Å². The number of rotatable bonds is 2. The van der Waals surface area contributed by atoms with Crippen LogP contribution >= 0.6 is 0 Å². The molecule has 0 aromatic heterocycles. The Morgan fingerprint density at radius 2 is 1.10 bits per heavy atom. The summed E-state index contributed by atoms with van der Waals surface area (Å²) in [6.45, 7) is 0. The summed E-state index contributed by atoms with van der Waals surface area (Å²) in [7, 11) is 0. The van der Waals surface area contributed by atoms with Gasteiger partial charge in [0.25, 0.3) is 0 Å². The highest BCUT2D eigenvalue weighted by Gasteiger charge is 2.49. The Bertz CT molecular complexity index is 935. The average Bonchev–Trinajstić information content (AvgIpc) is 2.50. The van der Waals surface area contributed by atoms with E-state index in [1.165, 1.54) is 0 Å². The summed E-state index contributed by atoms with van der Waals surface area (Å²) in [5.74, 6) is 0. The van der Waals surface area contributed by atoms with Crippen LogP contribution < -0.4 is 11.1 Å². The van der Waals surface area contributed by atoms with Gasteiger partial charge in [-0.25, -0.2) is 0 Å². The molecule has 0 saturated heterocycles. The normalized spacial score (nSPS) is 13.5. The quantitative estimate of drug-likeness (QED) is 0.293. The zero-order chi connectivity index (χ0) is 23.3. The monoisotopic (exact) mass is 456 g/mol. The molecule has 2 nitrogen and oxygen atoms in total. The summed E-state index contributed by atoms with van der Waals surface area (Å²) >= 11 is 0. The van der Waals surface area contributed by atoms with E-state index < -0.39 is 64.0 Å². The van der Waals surface area contributed by atoms with E-state index in [9.17, 15) is 52.7 Å². The van der Waals surface area contributed by atoms with Crippen molar-refractivity contribution in [3.63, 3.8) is 0 Å². The Morgan fingerprint density at radius 3 is 1.53 bits per heavy atom. The van der Waals surface area contributed by atoms with Gasteiger partial charge in [0.05, 0.1) is 22.4 Å². The second-order valence-electron chi connectivity index (χ2n) is 5.83. The lowest BCUT2D eigenvalue weighted by Gasteiger charge is -2.25. The number of anilines is 2. The fourth-order valence-electron chi connectivity index (χ4n) is 2.70. The molecule has 166 valence electrons. The van der Waals surface area contributed by atoms with E-state index in [4.69, 9.17) is 5.73 Å². The second kappa shape index (κ2) is 7.16. The molecule has 0 aliphatic carbocycles. The Morgan fingerprint density at radius 1 is 0.600 bits per heavy atom. The minimum Gasteiger partial charge on any atom is -0.399 e. The van der Waals surface area contributed by atoms with Crippen molar-refractivity contribution < 1.29 is 52.7 Å². The number of benzene rings is 2. The van der Waals surface area contributed by atoms with Crippen LogP contribution in [0.4, 0.5) is 64.1 Å². The van der Waals surface area contributed by atoms with Crippen molar-refractivity contribution in [2.75, 3.05) is 11.1 Å². The van der Waals surface area contributed by atoms with E-state index in [1.54, 1.807) is 0 Å². The highest BCUT2D eigenvalue weighted by atomic mass is 19.4. The zero-order valence-electron chi connectivity index (χ0n) is 14.0. The largest absolute Gasteiger partial charge is 0.482 e. The van der Waals surface area contributed by atoms with Gasteiger partial charge in [-0.05, 0) is 29.3 Å². The molecule has 0 amide bonds. The lowest BCUT2D eigenvalue weighted by atomic mass is 9.90. The van der Waals surface area contributed by atoms with Gasteiger partial charge < -0.3 is 5.73 Å². The molecule has 0 spiro atoms. The summed E-state index contributed by atoms with van der Waals surface area (Å²) in [6, 6.07) is 1.37. The molecule has 0 aliphatic rings. The van der Waals surface area contributed by atoms with Gasteiger partial charge in [0.15, 0.2) is 0 Å². The topological polar surface area (TPSA) is 38.0 Å². The molecule has 3 N–H and O–H groups in total. The molecule has 0 saturated carbocycles.